The fourth-order valence-corrected chi connectivity index (χ4v) is 2.48. The van der Waals surface area contributed by atoms with Crippen molar-refractivity contribution in [2.24, 2.45) is 0 Å². The highest BCUT2D eigenvalue weighted by Crippen LogP contribution is 2.21. The number of rotatable bonds is 8. The summed E-state index contributed by atoms with van der Waals surface area (Å²) in [5.74, 6) is 0.506. The fourth-order valence-electron chi connectivity index (χ4n) is 1.78. The number of ether oxygens (including phenoxy) is 2. The molecule has 1 rings (SSSR count). The second kappa shape index (κ2) is 9.58. The van der Waals surface area contributed by atoms with Gasteiger partial charge < -0.3 is 14.8 Å². The summed E-state index contributed by atoms with van der Waals surface area (Å²) in [5.41, 5.74) is 0.840. The van der Waals surface area contributed by atoms with Crippen LogP contribution >= 0.6 is 23.4 Å². The largest absolute Gasteiger partial charge is 0.484 e. The molecule has 1 aromatic rings. The van der Waals surface area contributed by atoms with Crippen LogP contribution in [0.1, 0.15) is 12.0 Å². The zero-order chi connectivity index (χ0) is 16.5. The van der Waals surface area contributed by atoms with Crippen molar-refractivity contribution in [2.75, 3.05) is 25.7 Å². The Bertz CT molecular complexity index is 524. The zero-order valence-electron chi connectivity index (χ0n) is 12.8. The SMILES string of the molecule is COC(=O)[C@@H](CCSC)NC(=O)COc1ccc(Cl)cc1C. The predicted octanol–water partition coefficient (Wildman–Crippen LogP) is 2.44. The lowest BCUT2D eigenvalue weighted by atomic mass is 10.2. The molecule has 0 aliphatic rings. The molecule has 1 atom stereocenters. The van der Waals surface area contributed by atoms with Crippen LogP contribution in [0, 0.1) is 6.92 Å². The molecule has 1 N–H and O–H groups in total. The molecule has 1 aromatic carbocycles. The molecular formula is C15H20ClNO4S. The molecule has 0 aliphatic heterocycles. The second-order valence-corrected chi connectivity index (χ2v) is 6.05. The van der Waals surface area contributed by atoms with Crippen molar-refractivity contribution in [3.8, 4) is 5.75 Å². The minimum absolute atomic E-state index is 0.171. The summed E-state index contributed by atoms with van der Waals surface area (Å²) in [4.78, 5) is 23.5. The lowest BCUT2D eigenvalue weighted by molar-refractivity contribution is -0.145. The number of nitrogens with one attached hydrogen (secondary N) is 1. The number of halogens is 1. The third-order valence-corrected chi connectivity index (χ3v) is 3.81. The number of thioether (sulfide) groups is 1. The van der Waals surface area contributed by atoms with Crippen LogP contribution in [0.2, 0.25) is 5.02 Å². The molecule has 0 unspecified atom stereocenters. The second-order valence-electron chi connectivity index (χ2n) is 4.62. The van der Waals surface area contributed by atoms with E-state index >= 15 is 0 Å². The van der Waals surface area contributed by atoms with E-state index in [4.69, 9.17) is 16.3 Å². The standard InChI is InChI=1S/C15H20ClNO4S/c1-10-8-11(16)4-5-13(10)21-9-14(18)17-12(6-7-22-3)15(19)20-2/h4-5,8,12H,6-7,9H2,1-3H3,(H,17,18)/t12-/m1/s1. The number of benzene rings is 1. The first-order valence-electron chi connectivity index (χ1n) is 6.73. The van der Waals surface area contributed by atoms with Crippen LogP contribution in [0.25, 0.3) is 0 Å². The van der Waals surface area contributed by atoms with Gasteiger partial charge in [0, 0.05) is 5.02 Å². The van der Waals surface area contributed by atoms with E-state index in [0.29, 0.717) is 17.2 Å². The summed E-state index contributed by atoms with van der Waals surface area (Å²) in [6.45, 7) is 1.67. The maximum atomic E-state index is 11.9. The van der Waals surface area contributed by atoms with Crippen molar-refractivity contribution >= 4 is 35.2 Å². The van der Waals surface area contributed by atoms with Crippen LogP contribution < -0.4 is 10.1 Å². The van der Waals surface area contributed by atoms with Gasteiger partial charge in [0.05, 0.1) is 7.11 Å². The molecule has 0 radical (unpaired) electrons. The van der Waals surface area contributed by atoms with Crippen LogP contribution in [-0.2, 0) is 14.3 Å². The average Bonchev–Trinajstić information content (AvgIpc) is 2.49. The Kier molecular flexibility index (Phi) is 8.12. The third kappa shape index (κ3) is 6.15. The Labute approximate surface area is 139 Å². The lowest BCUT2D eigenvalue weighted by Gasteiger charge is -2.16. The van der Waals surface area contributed by atoms with Crippen molar-refractivity contribution in [1.82, 2.24) is 5.32 Å². The first kappa shape index (κ1) is 18.6. The Morgan fingerprint density at radius 2 is 2.14 bits per heavy atom. The van der Waals surface area contributed by atoms with Crippen LogP contribution in [0.5, 0.6) is 5.75 Å². The van der Waals surface area contributed by atoms with Gasteiger partial charge in [0.25, 0.3) is 5.91 Å². The quantitative estimate of drug-likeness (QED) is 0.733. The van der Waals surface area contributed by atoms with Crippen LogP contribution in [0.3, 0.4) is 0 Å². The number of esters is 1. The van der Waals surface area contributed by atoms with E-state index in [1.165, 1.54) is 7.11 Å². The summed E-state index contributed by atoms with van der Waals surface area (Å²) in [5, 5.41) is 3.23. The van der Waals surface area contributed by atoms with E-state index < -0.39 is 12.0 Å². The highest BCUT2D eigenvalue weighted by Gasteiger charge is 2.21. The third-order valence-electron chi connectivity index (χ3n) is 2.93. The molecule has 5 nitrogen and oxygen atoms in total. The van der Waals surface area contributed by atoms with Crippen LogP contribution in [-0.4, -0.2) is 43.6 Å². The number of hydrogen-bond donors (Lipinski definition) is 1. The lowest BCUT2D eigenvalue weighted by Crippen LogP contribution is -2.43. The van der Waals surface area contributed by atoms with E-state index in [1.807, 2.05) is 13.2 Å². The molecule has 0 heterocycles. The number of hydrogen-bond acceptors (Lipinski definition) is 5. The van der Waals surface area contributed by atoms with Gasteiger partial charge in [-0.25, -0.2) is 4.79 Å². The van der Waals surface area contributed by atoms with Gasteiger partial charge in [0.15, 0.2) is 6.61 Å². The van der Waals surface area contributed by atoms with E-state index in [9.17, 15) is 9.59 Å². The van der Waals surface area contributed by atoms with Crippen molar-refractivity contribution < 1.29 is 19.1 Å². The highest BCUT2D eigenvalue weighted by molar-refractivity contribution is 7.98. The van der Waals surface area contributed by atoms with Gasteiger partial charge in [-0.05, 0) is 49.1 Å². The van der Waals surface area contributed by atoms with E-state index in [-0.39, 0.29) is 12.5 Å². The molecule has 1 amide bonds. The number of amides is 1. The van der Waals surface area contributed by atoms with Crippen molar-refractivity contribution in [2.45, 2.75) is 19.4 Å². The number of aryl methyl sites for hydroxylation is 1. The summed E-state index contributed by atoms with van der Waals surface area (Å²) in [7, 11) is 1.30. The molecule has 122 valence electrons. The Hall–Kier alpha value is -1.40. The van der Waals surface area contributed by atoms with Gasteiger partial charge in [-0.3, -0.25) is 4.79 Å². The molecular weight excluding hydrogens is 326 g/mol. The van der Waals surface area contributed by atoms with Gasteiger partial charge in [0.2, 0.25) is 0 Å². The van der Waals surface area contributed by atoms with Crippen molar-refractivity contribution in [1.29, 1.82) is 0 Å². The average molecular weight is 346 g/mol. The number of carbonyl (C=O) groups is 2. The Morgan fingerprint density at radius 3 is 2.73 bits per heavy atom. The number of carbonyl (C=O) groups excluding carboxylic acids is 2. The molecule has 0 aliphatic carbocycles. The summed E-state index contributed by atoms with van der Waals surface area (Å²) < 4.78 is 10.1. The first-order chi connectivity index (χ1) is 10.5. The monoisotopic (exact) mass is 345 g/mol. The van der Waals surface area contributed by atoms with Crippen molar-refractivity contribution in [3.05, 3.63) is 28.8 Å². The maximum absolute atomic E-state index is 11.9. The van der Waals surface area contributed by atoms with E-state index in [0.717, 1.165) is 11.3 Å². The maximum Gasteiger partial charge on any atom is 0.328 e. The first-order valence-corrected chi connectivity index (χ1v) is 8.50. The van der Waals surface area contributed by atoms with Gasteiger partial charge >= 0.3 is 5.97 Å². The van der Waals surface area contributed by atoms with Gasteiger partial charge in [-0.2, -0.15) is 11.8 Å². The molecule has 0 saturated carbocycles. The molecule has 22 heavy (non-hydrogen) atoms. The van der Waals surface area contributed by atoms with Gasteiger partial charge in [-0.15, -0.1) is 0 Å². The minimum atomic E-state index is -0.653. The Morgan fingerprint density at radius 1 is 1.41 bits per heavy atom. The molecule has 7 heteroatoms. The smallest absolute Gasteiger partial charge is 0.328 e. The molecule has 0 bridgehead atoms. The number of methoxy groups -OCH3 is 1. The predicted molar refractivity (Wildman–Crippen MR) is 88.6 cm³/mol. The summed E-state index contributed by atoms with van der Waals surface area (Å²) >= 11 is 7.46. The van der Waals surface area contributed by atoms with E-state index in [1.54, 1.807) is 30.0 Å². The van der Waals surface area contributed by atoms with Crippen LogP contribution in [0.15, 0.2) is 18.2 Å². The Balaban J connectivity index is 2.54. The minimum Gasteiger partial charge on any atom is -0.484 e. The molecule has 0 saturated heterocycles. The van der Waals surface area contributed by atoms with Crippen molar-refractivity contribution in [3.63, 3.8) is 0 Å². The zero-order valence-corrected chi connectivity index (χ0v) is 14.4. The summed E-state index contributed by atoms with van der Waals surface area (Å²) in [6, 6.07) is 4.50. The fraction of sp³-hybridized carbons (Fsp3) is 0.467. The van der Waals surface area contributed by atoms with Crippen LogP contribution in [0.4, 0.5) is 0 Å². The molecule has 0 spiro atoms. The highest BCUT2D eigenvalue weighted by atomic mass is 35.5. The normalized spacial score (nSPS) is 11.6. The molecule has 0 fully saturated rings. The van der Waals surface area contributed by atoms with Gasteiger partial charge in [-0.1, -0.05) is 11.6 Å². The summed E-state index contributed by atoms with van der Waals surface area (Å²) in [6.07, 6.45) is 2.45. The van der Waals surface area contributed by atoms with E-state index in [2.05, 4.69) is 10.1 Å². The molecule has 0 aromatic heterocycles. The topological polar surface area (TPSA) is 64.6 Å². The van der Waals surface area contributed by atoms with Gasteiger partial charge in [0.1, 0.15) is 11.8 Å².